The highest BCUT2D eigenvalue weighted by atomic mass is 16.7. The van der Waals surface area contributed by atoms with Gasteiger partial charge in [-0.15, -0.1) is 0 Å². The number of nitrogens with zero attached hydrogens (tertiary/aromatic N) is 1. The molecule has 1 saturated heterocycles. The average molecular weight is 372 g/mol. The molecule has 1 aromatic carbocycles. The van der Waals surface area contributed by atoms with Crippen LogP contribution in [0.5, 0.6) is 0 Å². The van der Waals surface area contributed by atoms with Gasteiger partial charge in [0, 0.05) is 6.54 Å². The first-order chi connectivity index (χ1) is 12.9. The fourth-order valence-electron chi connectivity index (χ4n) is 7.18. The molecule has 4 nitrogen and oxygen atoms in total. The Bertz CT molecular complexity index is 638. The molecule has 0 radical (unpaired) electrons. The lowest BCUT2D eigenvalue weighted by Crippen LogP contribution is -2.60. The molecular weight excluding hydrogens is 338 g/mol. The van der Waals surface area contributed by atoms with Crippen molar-refractivity contribution in [1.29, 1.82) is 0 Å². The summed E-state index contributed by atoms with van der Waals surface area (Å²) in [5.41, 5.74) is 1.32. The Morgan fingerprint density at radius 1 is 1.04 bits per heavy atom. The second-order valence-corrected chi connectivity index (χ2v) is 10.2. The van der Waals surface area contributed by atoms with E-state index < -0.39 is 5.79 Å². The fraction of sp³-hybridized carbons (Fsp3) is 0.739. The molecule has 27 heavy (non-hydrogen) atoms. The Balaban J connectivity index is 1.45. The van der Waals surface area contributed by atoms with Gasteiger partial charge in [-0.3, -0.25) is 0 Å². The molecular formula is C23H33NO3. The molecule has 4 aliphatic carbocycles. The monoisotopic (exact) mass is 371 g/mol. The van der Waals surface area contributed by atoms with Gasteiger partial charge < -0.3 is 14.7 Å². The predicted octanol–water partition coefficient (Wildman–Crippen LogP) is 4.61. The highest BCUT2D eigenvalue weighted by molar-refractivity contribution is 5.15. The normalized spacial score (nSPS) is 40.6. The third-order valence-electron chi connectivity index (χ3n) is 7.60. The summed E-state index contributed by atoms with van der Waals surface area (Å²) in [4.78, 5) is 0. The van der Waals surface area contributed by atoms with Crippen LogP contribution in [0.2, 0.25) is 0 Å². The summed E-state index contributed by atoms with van der Waals surface area (Å²) in [7, 11) is 0. The summed E-state index contributed by atoms with van der Waals surface area (Å²) >= 11 is 0. The SMILES string of the molecule is CC1(C)OC[C@H]([C@@H](N(O)Cc2ccccc2)C23CC4CC(CC(C4)C2)C3)O1. The van der Waals surface area contributed by atoms with E-state index in [1.807, 2.05) is 32.0 Å². The molecule has 148 valence electrons. The molecule has 4 heteroatoms. The maximum absolute atomic E-state index is 11.4. The quantitative estimate of drug-likeness (QED) is 0.767. The Kier molecular flexibility index (Phi) is 4.39. The summed E-state index contributed by atoms with van der Waals surface area (Å²) in [5, 5.41) is 13.0. The van der Waals surface area contributed by atoms with Crippen molar-refractivity contribution in [3.8, 4) is 0 Å². The molecule has 4 saturated carbocycles. The first-order valence-corrected chi connectivity index (χ1v) is 10.7. The maximum atomic E-state index is 11.4. The van der Waals surface area contributed by atoms with Crippen LogP contribution in [-0.2, 0) is 16.0 Å². The molecule has 1 heterocycles. The molecule has 0 aromatic heterocycles. The molecule has 6 rings (SSSR count). The van der Waals surface area contributed by atoms with E-state index in [2.05, 4.69) is 12.1 Å². The Morgan fingerprint density at radius 3 is 2.15 bits per heavy atom. The molecule has 5 fully saturated rings. The highest BCUT2D eigenvalue weighted by Gasteiger charge is 2.58. The van der Waals surface area contributed by atoms with Crippen LogP contribution < -0.4 is 0 Å². The van der Waals surface area contributed by atoms with Crippen molar-refractivity contribution >= 4 is 0 Å². The molecule has 2 atom stereocenters. The first-order valence-electron chi connectivity index (χ1n) is 10.7. The zero-order valence-corrected chi connectivity index (χ0v) is 16.6. The minimum atomic E-state index is -0.557. The molecule has 4 bridgehead atoms. The van der Waals surface area contributed by atoms with Gasteiger partial charge in [-0.2, -0.15) is 5.06 Å². The fourth-order valence-corrected chi connectivity index (χ4v) is 7.18. The summed E-state index contributed by atoms with van der Waals surface area (Å²) in [6, 6.07) is 10.3. The highest BCUT2D eigenvalue weighted by Crippen LogP contribution is 2.62. The minimum absolute atomic E-state index is 0.00730. The zero-order valence-electron chi connectivity index (χ0n) is 16.6. The van der Waals surface area contributed by atoms with Crippen molar-refractivity contribution in [3.63, 3.8) is 0 Å². The van der Waals surface area contributed by atoms with Gasteiger partial charge in [0.15, 0.2) is 5.79 Å². The zero-order chi connectivity index (χ0) is 18.6. The van der Waals surface area contributed by atoms with Gasteiger partial charge in [-0.25, -0.2) is 0 Å². The lowest BCUT2D eigenvalue weighted by atomic mass is 9.47. The average Bonchev–Trinajstić information content (AvgIpc) is 2.93. The van der Waals surface area contributed by atoms with Gasteiger partial charge in [0.25, 0.3) is 0 Å². The van der Waals surface area contributed by atoms with Crippen LogP contribution in [0.1, 0.15) is 57.9 Å². The number of rotatable bonds is 5. The molecule has 0 amide bonds. The van der Waals surface area contributed by atoms with E-state index in [9.17, 15) is 5.21 Å². The van der Waals surface area contributed by atoms with Gasteiger partial charge in [-0.1, -0.05) is 30.3 Å². The molecule has 1 aliphatic heterocycles. The van der Waals surface area contributed by atoms with Gasteiger partial charge in [-0.05, 0) is 81.1 Å². The first kappa shape index (κ1) is 18.1. The molecule has 1 N–H and O–H groups in total. The number of hydrogen-bond donors (Lipinski definition) is 1. The molecule has 1 aromatic rings. The largest absolute Gasteiger partial charge is 0.348 e. The van der Waals surface area contributed by atoms with Crippen molar-refractivity contribution in [3.05, 3.63) is 35.9 Å². The minimum Gasteiger partial charge on any atom is -0.348 e. The summed E-state index contributed by atoms with van der Waals surface area (Å²) in [5.74, 6) is 1.98. The van der Waals surface area contributed by atoms with E-state index in [0.29, 0.717) is 13.2 Å². The van der Waals surface area contributed by atoms with E-state index >= 15 is 0 Å². The lowest BCUT2D eigenvalue weighted by Gasteiger charge is -2.61. The van der Waals surface area contributed by atoms with Crippen LogP contribution in [0.3, 0.4) is 0 Å². The van der Waals surface area contributed by atoms with Crippen molar-refractivity contribution in [2.45, 2.75) is 76.9 Å². The third kappa shape index (κ3) is 3.35. The smallest absolute Gasteiger partial charge is 0.163 e. The third-order valence-corrected chi connectivity index (χ3v) is 7.60. The van der Waals surface area contributed by atoms with E-state index in [1.54, 1.807) is 5.06 Å². The second kappa shape index (κ2) is 6.55. The molecule has 5 aliphatic rings. The number of ether oxygens (including phenoxy) is 2. The van der Waals surface area contributed by atoms with Crippen molar-refractivity contribution < 1.29 is 14.7 Å². The van der Waals surface area contributed by atoms with Gasteiger partial charge in [0.1, 0.15) is 6.10 Å². The predicted molar refractivity (Wildman–Crippen MR) is 103 cm³/mol. The number of hydroxylamine groups is 2. The summed E-state index contributed by atoms with van der Waals surface area (Å²) in [6.45, 7) is 5.10. The van der Waals surface area contributed by atoms with Crippen molar-refractivity contribution in [2.75, 3.05) is 6.61 Å². The Morgan fingerprint density at radius 2 is 1.63 bits per heavy atom. The van der Waals surface area contributed by atoms with E-state index in [-0.39, 0.29) is 17.6 Å². The van der Waals surface area contributed by atoms with Gasteiger partial charge >= 0.3 is 0 Å². The van der Waals surface area contributed by atoms with Crippen LogP contribution in [0.15, 0.2) is 30.3 Å². The van der Waals surface area contributed by atoms with E-state index in [0.717, 1.165) is 23.3 Å². The van der Waals surface area contributed by atoms with Gasteiger partial charge in [0.05, 0.1) is 12.6 Å². The molecule has 0 unspecified atom stereocenters. The van der Waals surface area contributed by atoms with E-state index in [4.69, 9.17) is 9.47 Å². The van der Waals surface area contributed by atoms with Crippen LogP contribution >= 0.6 is 0 Å². The number of hydrogen-bond acceptors (Lipinski definition) is 4. The summed E-state index contributed by atoms with van der Waals surface area (Å²) in [6.07, 6.45) is 7.89. The Hall–Kier alpha value is -0.940. The van der Waals surface area contributed by atoms with Crippen molar-refractivity contribution in [1.82, 2.24) is 5.06 Å². The molecule has 0 spiro atoms. The number of benzene rings is 1. The van der Waals surface area contributed by atoms with Crippen LogP contribution in [0.4, 0.5) is 0 Å². The summed E-state index contributed by atoms with van der Waals surface area (Å²) < 4.78 is 12.3. The van der Waals surface area contributed by atoms with Crippen LogP contribution in [0.25, 0.3) is 0 Å². The van der Waals surface area contributed by atoms with Crippen molar-refractivity contribution in [2.24, 2.45) is 23.2 Å². The van der Waals surface area contributed by atoms with E-state index in [1.165, 1.54) is 38.5 Å². The van der Waals surface area contributed by atoms with Gasteiger partial charge in [0.2, 0.25) is 0 Å². The standard InChI is InChI=1S/C23H33NO3/c1-22(2)26-15-20(27-22)21(24(25)14-16-6-4-3-5-7-16)23-11-17-8-18(12-23)10-19(9-17)13-23/h3-7,17-21,25H,8-15H2,1-2H3/t17?,18?,19?,20-,21-,23?/m1/s1. The topological polar surface area (TPSA) is 41.9 Å². The van der Waals surface area contributed by atoms with Crippen LogP contribution in [-0.4, -0.2) is 34.8 Å². The lowest BCUT2D eigenvalue weighted by molar-refractivity contribution is -0.240. The second-order valence-electron chi connectivity index (χ2n) is 10.2. The maximum Gasteiger partial charge on any atom is 0.163 e. The Labute approximate surface area is 162 Å². The van der Waals surface area contributed by atoms with Crippen LogP contribution in [0, 0.1) is 23.2 Å².